The van der Waals surface area contributed by atoms with Crippen LogP contribution in [-0.4, -0.2) is 53.4 Å². The number of piperidine rings is 1. The summed E-state index contributed by atoms with van der Waals surface area (Å²) < 4.78 is 67.2. The largest absolute Gasteiger partial charge is 0.495 e. The molecule has 1 amide bonds. The van der Waals surface area contributed by atoms with Gasteiger partial charge in [-0.2, -0.15) is 4.31 Å². The molecule has 0 aromatic heterocycles. The van der Waals surface area contributed by atoms with Crippen LogP contribution in [0.25, 0.3) is 0 Å². The Kier molecular flexibility index (Phi) is 9.02. The molecule has 10 nitrogen and oxygen atoms in total. The normalized spacial score (nSPS) is 16.2. The predicted octanol–water partition coefficient (Wildman–Crippen LogP) is 4.71. The van der Waals surface area contributed by atoms with Gasteiger partial charge in [0.15, 0.2) is 0 Å². The van der Waals surface area contributed by atoms with E-state index in [0.29, 0.717) is 30.3 Å². The number of nitrogens with one attached hydrogen (secondary N) is 2. The van der Waals surface area contributed by atoms with Crippen LogP contribution in [0, 0.1) is 0 Å². The maximum atomic E-state index is 13.5. The summed E-state index contributed by atoms with van der Waals surface area (Å²) in [5.74, 6) is 0.242. The first-order chi connectivity index (χ1) is 19.0. The third kappa shape index (κ3) is 6.57. The van der Waals surface area contributed by atoms with Crippen molar-refractivity contribution in [3.05, 3.63) is 72.3 Å². The second-order valence-electron chi connectivity index (χ2n) is 9.37. The van der Waals surface area contributed by atoms with Crippen LogP contribution < -0.4 is 19.5 Å². The molecule has 214 valence electrons. The summed E-state index contributed by atoms with van der Waals surface area (Å²) in [5, 5.41) is 2.69. The first kappa shape index (κ1) is 29.4. The number of methoxy groups -OCH3 is 1. The Labute approximate surface area is 235 Å². The van der Waals surface area contributed by atoms with E-state index in [4.69, 9.17) is 9.47 Å². The van der Waals surface area contributed by atoms with Crippen LogP contribution >= 0.6 is 0 Å². The molecule has 40 heavy (non-hydrogen) atoms. The van der Waals surface area contributed by atoms with E-state index < -0.39 is 26.0 Å². The Morgan fingerprint density at radius 1 is 0.950 bits per heavy atom. The van der Waals surface area contributed by atoms with Gasteiger partial charge in [0.2, 0.25) is 10.0 Å². The van der Waals surface area contributed by atoms with Gasteiger partial charge in [-0.3, -0.25) is 9.52 Å². The number of benzene rings is 3. The second-order valence-corrected chi connectivity index (χ2v) is 12.9. The molecule has 0 spiro atoms. The van der Waals surface area contributed by atoms with Crippen LogP contribution in [-0.2, 0) is 20.0 Å². The summed E-state index contributed by atoms with van der Waals surface area (Å²) in [7, 11) is -6.38. The van der Waals surface area contributed by atoms with Crippen LogP contribution in [0.3, 0.4) is 0 Å². The fourth-order valence-corrected chi connectivity index (χ4v) is 7.44. The number of carbonyl (C=O) groups is 1. The lowest BCUT2D eigenvalue weighted by Gasteiger charge is -2.32. The van der Waals surface area contributed by atoms with Gasteiger partial charge in [-0.05, 0) is 93.4 Å². The van der Waals surface area contributed by atoms with Gasteiger partial charge < -0.3 is 14.8 Å². The third-order valence-corrected chi connectivity index (χ3v) is 10.0. The molecule has 1 unspecified atom stereocenters. The minimum Gasteiger partial charge on any atom is -0.495 e. The average molecular weight is 588 g/mol. The fourth-order valence-electron chi connectivity index (χ4n) is 4.50. The number of sulfonamides is 2. The first-order valence-electron chi connectivity index (χ1n) is 12.9. The highest BCUT2D eigenvalue weighted by Gasteiger charge is 2.33. The summed E-state index contributed by atoms with van der Waals surface area (Å²) in [4.78, 5) is 13.0. The van der Waals surface area contributed by atoms with Crippen molar-refractivity contribution < 1.29 is 31.1 Å². The van der Waals surface area contributed by atoms with E-state index in [-0.39, 0.29) is 27.1 Å². The molecule has 0 radical (unpaired) electrons. The number of rotatable bonds is 10. The Morgan fingerprint density at radius 2 is 1.62 bits per heavy atom. The van der Waals surface area contributed by atoms with Gasteiger partial charge in [-0.1, -0.05) is 6.42 Å². The summed E-state index contributed by atoms with van der Waals surface area (Å²) in [6, 6.07) is 16.3. The molecule has 1 aliphatic heterocycles. The molecule has 0 aliphatic carbocycles. The Balaban J connectivity index is 1.49. The summed E-state index contributed by atoms with van der Waals surface area (Å²) in [5.41, 5.74) is 0.845. The van der Waals surface area contributed by atoms with Crippen molar-refractivity contribution in [1.29, 1.82) is 0 Å². The molecule has 1 aliphatic rings. The second kappa shape index (κ2) is 12.3. The minimum atomic E-state index is -3.89. The van der Waals surface area contributed by atoms with E-state index in [1.54, 1.807) is 24.3 Å². The van der Waals surface area contributed by atoms with Crippen molar-refractivity contribution in [1.82, 2.24) is 4.31 Å². The summed E-state index contributed by atoms with van der Waals surface area (Å²) in [6.07, 6.45) is 2.50. The summed E-state index contributed by atoms with van der Waals surface area (Å²) >= 11 is 0. The van der Waals surface area contributed by atoms with Gasteiger partial charge >= 0.3 is 0 Å². The monoisotopic (exact) mass is 587 g/mol. The van der Waals surface area contributed by atoms with Crippen molar-refractivity contribution in [2.24, 2.45) is 0 Å². The lowest BCUT2D eigenvalue weighted by molar-refractivity contribution is 0.102. The Bertz CT molecular complexity index is 1560. The number of amides is 1. The van der Waals surface area contributed by atoms with Crippen molar-refractivity contribution in [3.63, 3.8) is 0 Å². The maximum Gasteiger partial charge on any atom is 0.261 e. The van der Waals surface area contributed by atoms with Crippen molar-refractivity contribution in [2.75, 3.05) is 30.3 Å². The van der Waals surface area contributed by atoms with Gasteiger partial charge in [-0.25, -0.2) is 16.8 Å². The number of nitrogens with zero attached hydrogens (tertiary/aromatic N) is 1. The highest BCUT2D eigenvalue weighted by molar-refractivity contribution is 7.92. The van der Waals surface area contributed by atoms with Gasteiger partial charge in [0.25, 0.3) is 15.9 Å². The molecule has 3 aromatic carbocycles. The number of anilines is 2. The number of carbonyl (C=O) groups excluding carboxylic acids is 1. The van der Waals surface area contributed by atoms with Crippen LogP contribution in [0.2, 0.25) is 0 Å². The smallest absolute Gasteiger partial charge is 0.261 e. The highest BCUT2D eigenvalue weighted by Crippen LogP contribution is 2.32. The molecule has 0 bridgehead atoms. The molecule has 1 atom stereocenters. The zero-order valence-corrected chi connectivity index (χ0v) is 24.2. The number of ether oxygens (including phenoxy) is 2. The van der Waals surface area contributed by atoms with Gasteiger partial charge in [-0.15, -0.1) is 0 Å². The van der Waals surface area contributed by atoms with Crippen LogP contribution in [0.5, 0.6) is 11.5 Å². The maximum absolute atomic E-state index is 13.5. The molecule has 1 fully saturated rings. The molecular formula is C28H33N3O7S2. The van der Waals surface area contributed by atoms with E-state index >= 15 is 0 Å². The SMILES string of the molecule is CCOc1ccc(NS(=O)(=O)c2ccc(NC(=O)c3ccc(OC)c(S(=O)(=O)N4CCCCC4C)c3)cc2)cc1. The minimum absolute atomic E-state index is 0.00728. The molecule has 0 saturated carbocycles. The topological polar surface area (TPSA) is 131 Å². The molecule has 2 N–H and O–H groups in total. The highest BCUT2D eigenvalue weighted by atomic mass is 32.2. The van der Waals surface area contributed by atoms with E-state index in [9.17, 15) is 21.6 Å². The first-order valence-corrected chi connectivity index (χ1v) is 15.8. The van der Waals surface area contributed by atoms with Gasteiger partial charge in [0.05, 0.1) is 18.6 Å². The standard InChI is InChI=1S/C28H33N3O7S2/c1-4-38-24-13-9-23(10-14-24)30-39(33,34)25-15-11-22(12-16-25)29-28(32)21-8-17-26(37-3)27(19-21)40(35,36)31-18-6-5-7-20(31)2/h8-17,19-20,30H,4-7,18H2,1-3H3,(H,29,32). The Hall–Kier alpha value is -3.61. The van der Waals surface area contributed by atoms with E-state index in [0.717, 1.165) is 19.3 Å². The molecular weight excluding hydrogens is 554 g/mol. The molecule has 1 heterocycles. The molecule has 1 saturated heterocycles. The third-order valence-electron chi connectivity index (χ3n) is 6.59. The summed E-state index contributed by atoms with van der Waals surface area (Å²) in [6.45, 7) is 4.64. The molecule has 4 rings (SSSR count). The van der Waals surface area contributed by atoms with Gasteiger partial charge in [0, 0.05) is 29.5 Å². The number of hydrogen-bond acceptors (Lipinski definition) is 7. The lowest BCUT2D eigenvalue weighted by Crippen LogP contribution is -2.42. The fraction of sp³-hybridized carbons (Fsp3) is 0.321. The van der Waals surface area contributed by atoms with E-state index in [1.165, 1.54) is 53.9 Å². The molecule has 12 heteroatoms. The lowest BCUT2D eigenvalue weighted by atomic mass is 10.1. The van der Waals surface area contributed by atoms with Crippen LogP contribution in [0.1, 0.15) is 43.5 Å². The van der Waals surface area contributed by atoms with Crippen molar-refractivity contribution in [2.45, 2.75) is 48.9 Å². The predicted molar refractivity (Wildman–Crippen MR) is 153 cm³/mol. The quantitative estimate of drug-likeness (QED) is 0.351. The van der Waals surface area contributed by atoms with Crippen molar-refractivity contribution in [3.8, 4) is 11.5 Å². The van der Waals surface area contributed by atoms with E-state index in [2.05, 4.69) is 10.0 Å². The van der Waals surface area contributed by atoms with Gasteiger partial charge in [0.1, 0.15) is 16.4 Å². The van der Waals surface area contributed by atoms with Crippen LogP contribution in [0.15, 0.2) is 76.5 Å². The zero-order chi connectivity index (χ0) is 28.9. The zero-order valence-electron chi connectivity index (χ0n) is 22.6. The Morgan fingerprint density at radius 3 is 2.25 bits per heavy atom. The van der Waals surface area contributed by atoms with E-state index in [1.807, 2.05) is 13.8 Å². The number of hydrogen-bond donors (Lipinski definition) is 2. The average Bonchev–Trinajstić information content (AvgIpc) is 2.94. The van der Waals surface area contributed by atoms with Crippen LogP contribution in [0.4, 0.5) is 11.4 Å². The molecule has 3 aromatic rings. The van der Waals surface area contributed by atoms with Crippen molar-refractivity contribution >= 4 is 37.3 Å².